The number of aryl methyl sites for hydroxylation is 2. The molecule has 0 aliphatic carbocycles. The maximum atomic E-state index is 13.2. The van der Waals surface area contributed by atoms with Crippen LogP contribution in [0.25, 0.3) is 10.9 Å². The number of thiocarbonyl (C=S) groups is 1. The van der Waals surface area contributed by atoms with E-state index in [0.717, 1.165) is 29.9 Å². The Labute approximate surface area is 180 Å². The van der Waals surface area contributed by atoms with Crippen LogP contribution < -0.4 is 5.32 Å². The third-order valence-corrected chi connectivity index (χ3v) is 5.58. The van der Waals surface area contributed by atoms with E-state index >= 15 is 0 Å². The molecule has 2 N–H and O–H groups in total. The van der Waals surface area contributed by atoms with Crippen molar-refractivity contribution in [3.63, 3.8) is 0 Å². The number of nitrogens with one attached hydrogen (secondary N) is 2. The number of H-pyrrole nitrogens is 1. The Balaban J connectivity index is 1.54. The van der Waals surface area contributed by atoms with E-state index in [9.17, 15) is 4.39 Å². The molecule has 0 saturated carbocycles. The van der Waals surface area contributed by atoms with E-state index < -0.39 is 0 Å². The number of rotatable bonds is 6. The summed E-state index contributed by atoms with van der Waals surface area (Å²) in [6.07, 6.45) is 2.50. The molecule has 0 atom stereocenters. The third-order valence-electron chi connectivity index (χ3n) is 5.22. The zero-order valence-electron chi connectivity index (χ0n) is 17.0. The Morgan fingerprint density at radius 3 is 2.67 bits per heavy atom. The minimum Gasteiger partial charge on any atom is -0.467 e. The van der Waals surface area contributed by atoms with Gasteiger partial charge in [0, 0.05) is 28.8 Å². The number of benzene rings is 2. The average Bonchev–Trinajstić information content (AvgIpc) is 3.34. The van der Waals surface area contributed by atoms with Gasteiger partial charge in [-0.1, -0.05) is 11.6 Å². The SMILES string of the molecule is Cc1ccc2[nH]c(C)c(CCN(Cc3ccco3)C(=S)Nc3ccc(F)cc3)c2c1. The van der Waals surface area contributed by atoms with Gasteiger partial charge in [0.25, 0.3) is 0 Å². The standard InChI is InChI=1S/C24H24FN3OS/c1-16-5-10-23-22(14-16)21(17(2)26-23)11-12-28(15-20-4-3-13-29-20)24(30)27-19-8-6-18(25)7-9-19/h3-10,13-14,26H,11-12,15H2,1-2H3,(H,27,30). The van der Waals surface area contributed by atoms with Gasteiger partial charge in [-0.2, -0.15) is 0 Å². The number of fused-ring (bicyclic) bond motifs is 1. The van der Waals surface area contributed by atoms with Gasteiger partial charge in [0.2, 0.25) is 0 Å². The fourth-order valence-corrected chi connectivity index (χ4v) is 3.92. The lowest BCUT2D eigenvalue weighted by Gasteiger charge is -2.25. The second-order valence-electron chi connectivity index (χ2n) is 7.47. The first-order valence-corrected chi connectivity index (χ1v) is 10.3. The van der Waals surface area contributed by atoms with Gasteiger partial charge in [0.15, 0.2) is 5.11 Å². The summed E-state index contributed by atoms with van der Waals surface area (Å²) in [4.78, 5) is 5.55. The first kappa shape index (κ1) is 20.2. The number of anilines is 1. The molecule has 2 heterocycles. The van der Waals surface area contributed by atoms with E-state index in [2.05, 4.69) is 47.2 Å². The van der Waals surface area contributed by atoms with E-state index in [1.54, 1.807) is 18.4 Å². The van der Waals surface area contributed by atoms with Crippen molar-refractivity contribution in [3.05, 3.63) is 89.3 Å². The molecule has 4 aromatic rings. The number of halogens is 1. The van der Waals surface area contributed by atoms with Gasteiger partial charge in [-0.05, 0) is 86.6 Å². The molecule has 2 aromatic heterocycles. The van der Waals surface area contributed by atoms with Crippen molar-refractivity contribution in [2.24, 2.45) is 0 Å². The smallest absolute Gasteiger partial charge is 0.173 e. The van der Waals surface area contributed by atoms with Crippen LogP contribution in [0.2, 0.25) is 0 Å². The van der Waals surface area contributed by atoms with E-state index in [-0.39, 0.29) is 5.82 Å². The lowest BCUT2D eigenvalue weighted by molar-refractivity contribution is 0.368. The molecule has 6 heteroatoms. The molecule has 0 bridgehead atoms. The maximum absolute atomic E-state index is 13.2. The molecule has 0 aliphatic heterocycles. The average molecular weight is 422 g/mol. The molecule has 4 nitrogen and oxygen atoms in total. The normalized spacial score (nSPS) is 11.0. The fraction of sp³-hybridized carbons (Fsp3) is 0.208. The van der Waals surface area contributed by atoms with Crippen molar-refractivity contribution >= 4 is 33.9 Å². The van der Waals surface area contributed by atoms with E-state index in [4.69, 9.17) is 16.6 Å². The van der Waals surface area contributed by atoms with Crippen LogP contribution >= 0.6 is 12.2 Å². The summed E-state index contributed by atoms with van der Waals surface area (Å²) in [5.41, 5.74) is 5.61. The molecule has 0 unspecified atom stereocenters. The Bertz CT molecular complexity index is 1150. The summed E-state index contributed by atoms with van der Waals surface area (Å²) >= 11 is 5.68. The van der Waals surface area contributed by atoms with Crippen LogP contribution in [0.15, 0.2) is 65.3 Å². The summed E-state index contributed by atoms with van der Waals surface area (Å²) in [5, 5.41) is 5.04. The van der Waals surface area contributed by atoms with Crippen LogP contribution in [0.3, 0.4) is 0 Å². The number of hydrogen-bond donors (Lipinski definition) is 2. The Morgan fingerprint density at radius 2 is 1.93 bits per heavy atom. The van der Waals surface area contributed by atoms with Gasteiger partial charge < -0.3 is 19.6 Å². The molecule has 4 rings (SSSR count). The highest BCUT2D eigenvalue weighted by Crippen LogP contribution is 2.24. The van der Waals surface area contributed by atoms with Crippen LogP contribution in [0.1, 0.15) is 22.6 Å². The number of furan rings is 1. The van der Waals surface area contributed by atoms with Gasteiger partial charge in [-0.3, -0.25) is 0 Å². The predicted octanol–water partition coefficient (Wildman–Crippen LogP) is 5.96. The van der Waals surface area contributed by atoms with Crippen molar-refractivity contribution < 1.29 is 8.81 Å². The zero-order valence-corrected chi connectivity index (χ0v) is 17.9. The van der Waals surface area contributed by atoms with Gasteiger partial charge in [0.1, 0.15) is 11.6 Å². The highest BCUT2D eigenvalue weighted by Gasteiger charge is 2.15. The fourth-order valence-electron chi connectivity index (χ4n) is 3.64. The van der Waals surface area contributed by atoms with Crippen molar-refractivity contribution in [3.8, 4) is 0 Å². The lowest BCUT2D eigenvalue weighted by Crippen LogP contribution is -2.35. The minimum absolute atomic E-state index is 0.274. The second-order valence-corrected chi connectivity index (χ2v) is 7.85. The topological polar surface area (TPSA) is 44.2 Å². The molecule has 0 fully saturated rings. The summed E-state index contributed by atoms with van der Waals surface area (Å²) in [6.45, 7) is 5.49. The van der Waals surface area contributed by atoms with Crippen molar-refractivity contribution in [2.45, 2.75) is 26.8 Å². The van der Waals surface area contributed by atoms with Crippen molar-refractivity contribution in [1.82, 2.24) is 9.88 Å². The molecule has 0 aliphatic rings. The number of aromatic amines is 1. The molecular weight excluding hydrogens is 397 g/mol. The molecule has 0 spiro atoms. The second kappa shape index (κ2) is 8.71. The first-order valence-electron chi connectivity index (χ1n) is 9.91. The predicted molar refractivity (Wildman–Crippen MR) is 123 cm³/mol. The highest BCUT2D eigenvalue weighted by molar-refractivity contribution is 7.80. The number of nitrogens with zero attached hydrogens (tertiary/aromatic N) is 1. The van der Waals surface area contributed by atoms with E-state index in [1.807, 2.05) is 12.1 Å². The largest absolute Gasteiger partial charge is 0.467 e. The van der Waals surface area contributed by atoms with Crippen LogP contribution in [0.4, 0.5) is 10.1 Å². The Hall–Kier alpha value is -3.12. The number of aromatic nitrogens is 1. The van der Waals surface area contributed by atoms with E-state index in [1.165, 1.54) is 34.3 Å². The van der Waals surface area contributed by atoms with Gasteiger partial charge in [0.05, 0.1) is 12.8 Å². The molecular formula is C24H24FN3OS. The first-order chi connectivity index (χ1) is 14.5. The monoisotopic (exact) mass is 421 g/mol. The molecule has 30 heavy (non-hydrogen) atoms. The summed E-state index contributed by atoms with van der Waals surface area (Å²) in [5.74, 6) is 0.564. The molecule has 154 valence electrons. The van der Waals surface area contributed by atoms with Crippen LogP contribution in [0, 0.1) is 19.7 Å². The summed E-state index contributed by atoms with van der Waals surface area (Å²) in [7, 11) is 0. The van der Waals surface area contributed by atoms with E-state index in [0.29, 0.717) is 11.7 Å². The summed E-state index contributed by atoms with van der Waals surface area (Å²) in [6, 6.07) is 16.5. The Kier molecular flexibility index (Phi) is 5.86. The van der Waals surface area contributed by atoms with Crippen LogP contribution in [0.5, 0.6) is 0 Å². The third kappa shape index (κ3) is 4.54. The molecule has 0 saturated heterocycles. The van der Waals surface area contributed by atoms with Crippen molar-refractivity contribution in [2.75, 3.05) is 11.9 Å². The quantitative estimate of drug-likeness (QED) is 0.377. The minimum atomic E-state index is -0.274. The van der Waals surface area contributed by atoms with Gasteiger partial charge in [-0.25, -0.2) is 4.39 Å². The number of hydrogen-bond acceptors (Lipinski definition) is 2. The zero-order chi connectivity index (χ0) is 21.1. The highest BCUT2D eigenvalue weighted by atomic mass is 32.1. The van der Waals surface area contributed by atoms with Crippen molar-refractivity contribution in [1.29, 1.82) is 0 Å². The van der Waals surface area contributed by atoms with Crippen LogP contribution in [-0.2, 0) is 13.0 Å². The van der Waals surface area contributed by atoms with Gasteiger partial charge >= 0.3 is 0 Å². The summed E-state index contributed by atoms with van der Waals surface area (Å²) < 4.78 is 18.8. The molecule has 2 aromatic carbocycles. The van der Waals surface area contributed by atoms with Gasteiger partial charge in [-0.15, -0.1) is 0 Å². The molecule has 0 amide bonds. The Morgan fingerprint density at radius 1 is 1.13 bits per heavy atom. The molecule has 0 radical (unpaired) electrons. The maximum Gasteiger partial charge on any atom is 0.173 e. The lowest BCUT2D eigenvalue weighted by atomic mass is 10.1. The van der Waals surface area contributed by atoms with Crippen LogP contribution in [-0.4, -0.2) is 21.5 Å².